The quantitative estimate of drug-likeness (QED) is 0.294. The lowest BCUT2D eigenvalue weighted by Crippen LogP contribution is -2.22. The number of ether oxygens (including phenoxy) is 1. The Morgan fingerprint density at radius 3 is 1.92 bits per heavy atom. The first-order valence-corrected chi connectivity index (χ1v) is 10.9. The molecule has 1 unspecified atom stereocenters. The summed E-state index contributed by atoms with van der Waals surface area (Å²) in [5, 5.41) is 0. The third-order valence-corrected chi connectivity index (χ3v) is 6.41. The molecule has 1 heterocycles. The van der Waals surface area contributed by atoms with Crippen molar-refractivity contribution in [1.82, 2.24) is 0 Å². The number of hydrogen-bond donors (Lipinski definition) is 0. The third kappa shape index (κ3) is 7.57. The normalized spacial score (nSPS) is 27.4. The minimum absolute atomic E-state index is 0.0347. The summed E-state index contributed by atoms with van der Waals surface area (Å²) < 4.78 is 5.15. The first-order chi connectivity index (χ1) is 11.8. The summed E-state index contributed by atoms with van der Waals surface area (Å²) in [6, 6.07) is 0. The van der Waals surface area contributed by atoms with Crippen LogP contribution in [-0.2, 0) is 9.53 Å². The van der Waals surface area contributed by atoms with Gasteiger partial charge in [0, 0.05) is 5.92 Å². The smallest absolute Gasteiger partial charge is 0.306 e. The van der Waals surface area contributed by atoms with Gasteiger partial charge in [-0.05, 0) is 24.7 Å². The maximum absolute atomic E-state index is 11.3. The molecule has 1 aliphatic carbocycles. The second kappa shape index (κ2) is 11.9. The first kappa shape index (κ1) is 19.8. The second-order valence-electron chi connectivity index (χ2n) is 8.40. The van der Waals surface area contributed by atoms with Crippen molar-refractivity contribution in [3.63, 3.8) is 0 Å². The van der Waals surface area contributed by atoms with Crippen molar-refractivity contribution in [2.45, 2.75) is 110 Å². The SMILES string of the molecule is CCCCCCCCCCCCC1CCC(C2COC(=O)C2)CC1. The minimum Gasteiger partial charge on any atom is -0.465 e. The number of esters is 1. The highest BCUT2D eigenvalue weighted by Crippen LogP contribution is 2.38. The summed E-state index contributed by atoms with van der Waals surface area (Å²) in [6.45, 7) is 2.99. The van der Waals surface area contributed by atoms with Crippen LogP contribution in [0.5, 0.6) is 0 Å². The molecule has 0 radical (unpaired) electrons. The average Bonchev–Trinajstić information content (AvgIpc) is 3.03. The van der Waals surface area contributed by atoms with E-state index < -0.39 is 0 Å². The molecule has 1 aliphatic heterocycles. The first-order valence-electron chi connectivity index (χ1n) is 10.9. The van der Waals surface area contributed by atoms with Gasteiger partial charge in [0.2, 0.25) is 0 Å². The number of hydrogen-bond acceptors (Lipinski definition) is 2. The zero-order valence-electron chi connectivity index (χ0n) is 16.1. The number of carbonyl (C=O) groups excluding carboxylic acids is 1. The van der Waals surface area contributed by atoms with Gasteiger partial charge in [0.05, 0.1) is 13.0 Å². The number of rotatable bonds is 12. The van der Waals surface area contributed by atoms with Crippen molar-refractivity contribution in [2.75, 3.05) is 6.61 Å². The van der Waals surface area contributed by atoms with Crippen molar-refractivity contribution in [3.05, 3.63) is 0 Å². The van der Waals surface area contributed by atoms with Crippen LogP contribution >= 0.6 is 0 Å². The summed E-state index contributed by atoms with van der Waals surface area (Å²) in [6.07, 6.45) is 22.0. The van der Waals surface area contributed by atoms with Crippen LogP contribution in [0.2, 0.25) is 0 Å². The highest BCUT2D eigenvalue weighted by Gasteiger charge is 2.33. The number of carbonyl (C=O) groups is 1. The van der Waals surface area contributed by atoms with Crippen molar-refractivity contribution >= 4 is 5.97 Å². The van der Waals surface area contributed by atoms with Crippen LogP contribution in [0.1, 0.15) is 110 Å². The molecule has 2 aliphatic rings. The van der Waals surface area contributed by atoms with Crippen molar-refractivity contribution in [1.29, 1.82) is 0 Å². The van der Waals surface area contributed by atoms with E-state index in [4.69, 9.17) is 4.74 Å². The predicted octanol–water partition coefficient (Wildman–Crippen LogP) is 6.67. The molecule has 0 N–H and O–H groups in total. The molecule has 0 amide bonds. The molecule has 0 spiro atoms. The Labute approximate surface area is 150 Å². The molecule has 1 saturated heterocycles. The standard InChI is InChI=1S/C22H40O2/c1-2-3-4-5-6-7-8-9-10-11-12-19-13-15-20(16-14-19)21-17-22(23)24-18-21/h19-21H,2-18H2,1H3. The van der Waals surface area contributed by atoms with Gasteiger partial charge in [0.1, 0.15) is 0 Å². The summed E-state index contributed by atoms with van der Waals surface area (Å²) in [5.41, 5.74) is 0. The van der Waals surface area contributed by atoms with Gasteiger partial charge in [-0.3, -0.25) is 4.79 Å². The topological polar surface area (TPSA) is 26.3 Å². The van der Waals surface area contributed by atoms with Crippen LogP contribution < -0.4 is 0 Å². The third-order valence-electron chi connectivity index (χ3n) is 6.41. The van der Waals surface area contributed by atoms with Crippen LogP contribution in [0.4, 0.5) is 0 Å². The number of cyclic esters (lactones) is 1. The van der Waals surface area contributed by atoms with Crippen LogP contribution in [0, 0.1) is 17.8 Å². The molecule has 2 fully saturated rings. The second-order valence-corrected chi connectivity index (χ2v) is 8.40. The van der Waals surface area contributed by atoms with Gasteiger partial charge in [-0.2, -0.15) is 0 Å². The molecule has 1 atom stereocenters. The molecule has 0 aromatic heterocycles. The zero-order valence-corrected chi connectivity index (χ0v) is 16.1. The van der Waals surface area contributed by atoms with E-state index in [1.54, 1.807) is 0 Å². The van der Waals surface area contributed by atoms with Gasteiger partial charge in [-0.25, -0.2) is 0 Å². The van der Waals surface area contributed by atoms with E-state index in [1.807, 2.05) is 0 Å². The van der Waals surface area contributed by atoms with Gasteiger partial charge < -0.3 is 4.74 Å². The Bertz CT molecular complexity index is 331. The summed E-state index contributed by atoms with van der Waals surface area (Å²) in [7, 11) is 0. The molecule has 0 aromatic carbocycles. The Morgan fingerprint density at radius 2 is 1.38 bits per heavy atom. The van der Waals surface area contributed by atoms with Crippen LogP contribution in [-0.4, -0.2) is 12.6 Å². The molecule has 1 saturated carbocycles. The van der Waals surface area contributed by atoms with Crippen molar-refractivity contribution in [2.24, 2.45) is 17.8 Å². The monoisotopic (exact) mass is 336 g/mol. The Hall–Kier alpha value is -0.530. The van der Waals surface area contributed by atoms with Gasteiger partial charge in [-0.1, -0.05) is 90.4 Å². The Kier molecular flexibility index (Phi) is 9.83. The van der Waals surface area contributed by atoms with E-state index in [1.165, 1.54) is 96.3 Å². The van der Waals surface area contributed by atoms with Crippen molar-refractivity contribution < 1.29 is 9.53 Å². The van der Waals surface area contributed by atoms with E-state index in [0.717, 1.165) is 11.8 Å². The number of unbranched alkanes of at least 4 members (excludes halogenated alkanes) is 9. The fraction of sp³-hybridized carbons (Fsp3) is 0.955. The van der Waals surface area contributed by atoms with Gasteiger partial charge >= 0.3 is 5.97 Å². The van der Waals surface area contributed by atoms with E-state index in [9.17, 15) is 4.79 Å². The average molecular weight is 337 g/mol. The fourth-order valence-corrected chi connectivity index (χ4v) is 4.70. The molecule has 2 rings (SSSR count). The van der Waals surface area contributed by atoms with Crippen LogP contribution in [0.15, 0.2) is 0 Å². The fourth-order valence-electron chi connectivity index (χ4n) is 4.70. The maximum Gasteiger partial charge on any atom is 0.306 e. The van der Waals surface area contributed by atoms with Crippen LogP contribution in [0.25, 0.3) is 0 Å². The van der Waals surface area contributed by atoms with Crippen LogP contribution in [0.3, 0.4) is 0 Å². The Balaban J connectivity index is 1.39. The summed E-state index contributed by atoms with van der Waals surface area (Å²) >= 11 is 0. The highest BCUT2D eigenvalue weighted by molar-refractivity contribution is 5.71. The minimum atomic E-state index is 0.0347. The van der Waals surface area contributed by atoms with Gasteiger partial charge in [0.25, 0.3) is 0 Å². The maximum atomic E-state index is 11.3. The van der Waals surface area contributed by atoms with Gasteiger partial charge in [0.15, 0.2) is 0 Å². The molecule has 0 bridgehead atoms. The van der Waals surface area contributed by atoms with E-state index >= 15 is 0 Å². The molecule has 2 heteroatoms. The highest BCUT2D eigenvalue weighted by atomic mass is 16.5. The molecular formula is C22H40O2. The molecule has 0 aromatic rings. The lowest BCUT2D eigenvalue weighted by atomic mass is 9.74. The van der Waals surface area contributed by atoms with E-state index in [0.29, 0.717) is 18.9 Å². The zero-order chi connectivity index (χ0) is 17.0. The van der Waals surface area contributed by atoms with E-state index in [2.05, 4.69) is 6.92 Å². The molecule has 2 nitrogen and oxygen atoms in total. The lowest BCUT2D eigenvalue weighted by Gasteiger charge is -2.31. The van der Waals surface area contributed by atoms with Crippen molar-refractivity contribution in [3.8, 4) is 0 Å². The van der Waals surface area contributed by atoms with E-state index in [-0.39, 0.29) is 5.97 Å². The Morgan fingerprint density at radius 1 is 0.792 bits per heavy atom. The predicted molar refractivity (Wildman–Crippen MR) is 101 cm³/mol. The largest absolute Gasteiger partial charge is 0.465 e. The molecule has 24 heavy (non-hydrogen) atoms. The molecule has 140 valence electrons. The lowest BCUT2D eigenvalue weighted by molar-refractivity contribution is -0.137. The summed E-state index contributed by atoms with van der Waals surface area (Å²) in [4.78, 5) is 11.3. The molecular weight excluding hydrogens is 296 g/mol. The van der Waals surface area contributed by atoms with Gasteiger partial charge in [-0.15, -0.1) is 0 Å². The summed E-state index contributed by atoms with van der Waals surface area (Å²) in [5.74, 6) is 2.30.